The molecule has 106 valence electrons. The SMILES string of the molecule is Nc1cc(Nc2nc(Cl)nc(Cl)n2)ccc1SOOO. The fraction of sp³-hybridized carbons (Fsp3) is 0. The second kappa shape index (κ2) is 6.88. The summed E-state index contributed by atoms with van der Waals surface area (Å²) in [6, 6.07) is 4.94. The van der Waals surface area contributed by atoms with Gasteiger partial charge in [0.1, 0.15) is 0 Å². The zero-order chi connectivity index (χ0) is 14.5. The van der Waals surface area contributed by atoms with Crippen molar-refractivity contribution in [3.8, 4) is 0 Å². The molecule has 2 rings (SSSR count). The number of rotatable bonds is 5. The molecule has 0 aliphatic heterocycles. The van der Waals surface area contributed by atoms with Gasteiger partial charge in [-0.05, 0) is 41.4 Å². The van der Waals surface area contributed by atoms with Crippen LogP contribution in [0.2, 0.25) is 10.6 Å². The molecule has 0 saturated carbocycles. The molecule has 11 heteroatoms. The van der Waals surface area contributed by atoms with Crippen molar-refractivity contribution < 1.29 is 14.6 Å². The van der Waals surface area contributed by atoms with Gasteiger partial charge in [-0.15, -0.1) is 4.33 Å². The fourth-order valence-electron chi connectivity index (χ4n) is 1.26. The summed E-state index contributed by atoms with van der Waals surface area (Å²) in [6.07, 6.45) is 0. The molecule has 0 unspecified atom stereocenters. The highest BCUT2D eigenvalue weighted by Crippen LogP contribution is 2.29. The molecule has 20 heavy (non-hydrogen) atoms. The molecular weight excluding hydrogens is 329 g/mol. The summed E-state index contributed by atoms with van der Waals surface area (Å²) in [4.78, 5) is 11.9. The molecule has 0 spiro atoms. The molecule has 8 nitrogen and oxygen atoms in total. The molecule has 1 heterocycles. The summed E-state index contributed by atoms with van der Waals surface area (Å²) >= 11 is 12.1. The third-order valence-electron chi connectivity index (χ3n) is 2.00. The molecule has 4 N–H and O–H groups in total. The lowest BCUT2D eigenvalue weighted by Gasteiger charge is -2.08. The number of anilines is 3. The van der Waals surface area contributed by atoms with Crippen molar-refractivity contribution in [2.24, 2.45) is 0 Å². The van der Waals surface area contributed by atoms with Crippen molar-refractivity contribution in [2.45, 2.75) is 4.90 Å². The van der Waals surface area contributed by atoms with E-state index in [-0.39, 0.29) is 16.5 Å². The minimum atomic E-state index is -0.0267. The standard InChI is InChI=1S/C9H7Cl2N5O3S/c10-7-14-8(11)16-9(15-7)13-4-1-2-6(5(12)3-4)20-19-18-17/h1-3,17H,12H2,(H,13,14,15,16). The van der Waals surface area contributed by atoms with Crippen molar-refractivity contribution in [1.82, 2.24) is 15.0 Å². The predicted octanol–water partition coefficient (Wildman–Crippen LogP) is 2.93. The van der Waals surface area contributed by atoms with Crippen LogP contribution in [0.3, 0.4) is 0 Å². The van der Waals surface area contributed by atoms with Crippen molar-refractivity contribution in [1.29, 1.82) is 0 Å². The summed E-state index contributed by atoms with van der Waals surface area (Å²) in [6.45, 7) is 0. The maximum atomic E-state index is 8.08. The minimum absolute atomic E-state index is 0.0267. The largest absolute Gasteiger partial charge is 0.398 e. The Labute approximate surface area is 127 Å². The van der Waals surface area contributed by atoms with E-state index >= 15 is 0 Å². The maximum Gasteiger partial charge on any atom is 0.232 e. The van der Waals surface area contributed by atoms with Crippen LogP contribution in [0.4, 0.5) is 17.3 Å². The number of aromatic nitrogens is 3. The molecule has 0 aliphatic carbocycles. The Bertz CT molecular complexity index is 598. The number of halogens is 2. The smallest absolute Gasteiger partial charge is 0.232 e. The normalized spacial score (nSPS) is 10.6. The maximum absolute atomic E-state index is 8.08. The summed E-state index contributed by atoms with van der Waals surface area (Å²) in [7, 11) is 0. The van der Waals surface area contributed by atoms with Gasteiger partial charge in [-0.2, -0.15) is 15.0 Å². The van der Waals surface area contributed by atoms with Gasteiger partial charge < -0.3 is 11.1 Å². The van der Waals surface area contributed by atoms with E-state index in [1.807, 2.05) is 0 Å². The quantitative estimate of drug-likeness (QED) is 0.328. The molecule has 0 bridgehead atoms. The van der Waals surface area contributed by atoms with Crippen molar-refractivity contribution in [3.63, 3.8) is 0 Å². The molecule has 0 saturated heterocycles. The van der Waals surface area contributed by atoms with Gasteiger partial charge in [0.15, 0.2) is 0 Å². The van der Waals surface area contributed by atoms with E-state index < -0.39 is 0 Å². The van der Waals surface area contributed by atoms with Crippen LogP contribution in [0.5, 0.6) is 0 Å². The van der Waals surface area contributed by atoms with E-state index in [1.165, 1.54) is 0 Å². The van der Waals surface area contributed by atoms with Crippen LogP contribution in [0.15, 0.2) is 23.1 Å². The van der Waals surface area contributed by atoms with Gasteiger partial charge in [0.2, 0.25) is 16.5 Å². The Hall–Kier alpha value is -1.36. The fourth-order valence-corrected chi connectivity index (χ4v) is 2.01. The Balaban J connectivity index is 2.15. The molecule has 1 aromatic carbocycles. The van der Waals surface area contributed by atoms with Crippen LogP contribution in [0.1, 0.15) is 0 Å². The molecule has 0 amide bonds. The van der Waals surface area contributed by atoms with E-state index in [0.29, 0.717) is 16.3 Å². The summed E-state index contributed by atoms with van der Waals surface area (Å²) in [5.41, 5.74) is 6.79. The first-order chi connectivity index (χ1) is 9.58. The Morgan fingerprint density at radius 3 is 2.50 bits per heavy atom. The van der Waals surface area contributed by atoms with Crippen LogP contribution < -0.4 is 11.1 Å². The van der Waals surface area contributed by atoms with E-state index in [0.717, 1.165) is 12.0 Å². The van der Waals surface area contributed by atoms with Gasteiger partial charge in [0.05, 0.1) is 16.9 Å². The monoisotopic (exact) mass is 335 g/mol. The van der Waals surface area contributed by atoms with Gasteiger partial charge in [0.25, 0.3) is 0 Å². The van der Waals surface area contributed by atoms with E-state index in [9.17, 15) is 0 Å². The summed E-state index contributed by atoms with van der Waals surface area (Å²) in [5, 5.41) is 14.4. The minimum Gasteiger partial charge on any atom is -0.398 e. The summed E-state index contributed by atoms with van der Waals surface area (Å²) < 4.78 is 4.29. The van der Waals surface area contributed by atoms with E-state index in [2.05, 4.69) is 29.6 Å². The number of benzene rings is 1. The molecule has 1 aromatic heterocycles. The zero-order valence-corrected chi connectivity index (χ0v) is 11.9. The third kappa shape index (κ3) is 4.07. The average Bonchev–Trinajstić information content (AvgIpc) is 2.36. The van der Waals surface area contributed by atoms with Crippen LogP contribution in [-0.4, -0.2) is 20.2 Å². The zero-order valence-electron chi connectivity index (χ0n) is 9.58. The number of nitrogens with zero attached hydrogens (tertiary/aromatic N) is 3. The Morgan fingerprint density at radius 2 is 1.90 bits per heavy atom. The first kappa shape index (κ1) is 15.0. The average molecular weight is 336 g/mol. The lowest BCUT2D eigenvalue weighted by molar-refractivity contribution is -0.432. The van der Waals surface area contributed by atoms with E-state index in [4.69, 9.17) is 34.2 Å². The van der Waals surface area contributed by atoms with Gasteiger partial charge in [-0.25, -0.2) is 5.26 Å². The second-order valence-corrected chi connectivity index (χ2v) is 4.72. The Morgan fingerprint density at radius 1 is 1.20 bits per heavy atom. The third-order valence-corrected chi connectivity index (χ3v) is 3.02. The number of hydrogen-bond donors (Lipinski definition) is 3. The summed E-state index contributed by atoms with van der Waals surface area (Å²) in [5.74, 6) is 0.185. The molecular formula is C9H7Cl2N5O3S. The van der Waals surface area contributed by atoms with Gasteiger partial charge in [-0.1, -0.05) is 5.04 Å². The van der Waals surface area contributed by atoms with Gasteiger partial charge >= 0.3 is 0 Å². The predicted molar refractivity (Wildman–Crippen MR) is 74.6 cm³/mol. The highest BCUT2D eigenvalue weighted by atomic mass is 35.5. The molecule has 0 atom stereocenters. The number of hydrogen-bond acceptors (Lipinski definition) is 9. The lowest BCUT2D eigenvalue weighted by atomic mass is 10.3. The second-order valence-electron chi connectivity index (χ2n) is 3.30. The molecule has 2 aromatic rings. The lowest BCUT2D eigenvalue weighted by Crippen LogP contribution is -2.00. The number of nitrogens with one attached hydrogen (secondary N) is 1. The van der Waals surface area contributed by atoms with Gasteiger partial charge in [-0.3, -0.25) is 0 Å². The van der Waals surface area contributed by atoms with Crippen LogP contribution in [-0.2, 0) is 9.37 Å². The van der Waals surface area contributed by atoms with Crippen molar-refractivity contribution in [3.05, 3.63) is 28.8 Å². The van der Waals surface area contributed by atoms with Gasteiger partial charge in [0, 0.05) is 11.4 Å². The van der Waals surface area contributed by atoms with Crippen LogP contribution in [0, 0.1) is 0 Å². The van der Waals surface area contributed by atoms with Crippen LogP contribution in [0.25, 0.3) is 0 Å². The Kier molecular flexibility index (Phi) is 5.17. The first-order valence-electron chi connectivity index (χ1n) is 4.97. The first-order valence-corrected chi connectivity index (χ1v) is 6.46. The van der Waals surface area contributed by atoms with Crippen molar-refractivity contribution in [2.75, 3.05) is 11.1 Å². The topological polar surface area (TPSA) is 115 Å². The molecule has 0 radical (unpaired) electrons. The highest BCUT2D eigenvalue weighted by Gasteiger charge is 2.06. The molecule has 0 fully saturated rings. The van der Waals surface area contributed by atoms with E-state index in [1.54, 1.807) is 18.2 Å². The number of nitrogens with two attached hydrogens (primary N) is 1. The highest BCUT2D eigenvalue weighted by molar-refractivity contribution is 7.94. The van der Waals surface area contributed by atoms with Crippen LogP contribution >= 0.6 is 35.2 Å². The molecule has 0 aliphatic rings. The van der Waals surface area contributed by atoms with Crippen molar-refractivity contribution >= 4 is 52.6 Å². The number of nitrogen functional groups attached to an aromatic ring is 1.